The Morgan fingerprint density at radius 1 is 0.253 bits per heavy atom. The zero-order valence-corrected chi connectivity index (χ0v) is 53.2. The Bertz CT molecular complexity index is 1360. The third-order valence-corrected chi connectivity index (χ3v) is 15.8. The summed E-state index contributed by atoms with van der Waals surface area (Å²) in [7, 11) is 0. The molecule has 0 saturated carbocycles. The summed E-state index contributed by atoms with van der Waals surface area (Å²) in [5.74, 6) is -0.861. The van der Waals surface area contributed by atoms with Gasteiger partial charge in [-0.1, -0.05) is 326 Å². The van der Waals surface area contributed by atoms with E-state index < -0.39 is 6.10 Å². The van der Waals surface area contributed by atoms with Crippen LogP contribution in [0.15, 0.2) is 48.6 Å². The molecule has 462 valence electrons. The first-order valence-electron chi connectivity index (χ1n) is 35.1. The molecule has 0 aromatic rings. The molecule has 0 radical (unpaired) electrons. The topological polar surface area (TPSA) is 78.9 Å². The number of rotatable bonds is 65. The molecule has 0 N–H and O–H groups in total. The summed E-state index contributed by atoms with van der Waals surface area (Å²) in [6.45, 7) is 6.59. The maximum Gasteiger partial charge on any atom is 0.306 e. The molecule has 6 heteroatoms. The molecule has 6 nitrogen and oxygen atoms in total. The van der Waals surface area contributed by atoms with E-state index in [-0.39, 0.29) is 31.1 Å². The molecule has 0 aliphatic heterocycles. The van der Waals surface area contributed by atoms with E-state index in [0.717, 1.165) is 77.0 Å². The summed E-state index contributed by atoms with van der Waals surface area (Å²) in [5.41, 5.74) is 0. The second kappa shape index (κ2) is 67.9. The molecule has 0 rings (SSSR count). The van der Waals surface area contributed by atoms with E-state index in [0.29, 0.717) is 19.3 Å². The van der Waals surface area contributed by atoms with Gasteiger partial charge in [0.2, 0.25) is 0 Å². The highest BCUT2D eigenvalue weighted by atomic mass is 16.6. The first kappa shape index (κ1) is 76.4. The van der Waals surface area contributed by atoms with Gasteiger partial charge >= 0.3 is 17.9 Å². The molecular formula is C73H134O6. The lowest BCUT2D eigenvalue weighted by molar-refractivity contribution is -0.167. The molecule has 0 spiro atoms. The molecule has 0 fully saturated rings. The second-order valence-corrected chi connectivity index (χ2v) is 23.8. The Balaban J connectivity index is 3.94. The molecule has 0 saturated heterocycles. The zero-order valence-electron chi connectivity index (χ0n) is 53.2. The molecule has 1 unspecified atom stereocenters. The lowest BCUT2D eigenvalue weighted by atomic mass is 10.0. The van der Waals surface area contributed by atoms with E-state index in [9.17, 15) is 14.4 Å². The van der Waals surface area contributed by atoms with Crippen molar-refractivity contribution in [2.45, 2.75) is 386 Å². The van der Waals surface area contributed by atoms with Gasteiger partial charge in [-0.2, -0.15) is 0 Å². The fraction of sp³-hybridized carbons (Fsp3) is 0.849. The minimum absolute atomic E-state index is 0.0688. The lowest BCUT2D eigenvalue weighted by Gasteiger charge is -2.18. The number of unbranched alkanes of at least 4 members (excludes halogenated alkanes) is 46. The van der Waals surface area contributed by atoms with Crippen LogP contribution < -0.4 is 0 Å². The molecule has 0 aromatic carbocycles. The molecule has 79 heavy (non-hydrogen) atoms. The standard InChI is InChI=1S/C73H134O6/c1-4-7-10-13-15-17-19-21-23-25-27-29-31-33-35-36-38-39-41-43-45-47-49-51-53-55-57-60-63-66-72(75)78-69-70(68-77-71(74)65-62-59-12-9-6-3)79-73(76)67-64-61-58-56-54-52-50-48-46-44-42-40-37-34-32-30-28-26-24-22-20-18-16-14-11-8-5-2/h19-22,25-28,70H,4-18,23-24,29-69H2,1-3H3/b21-19-,22-20-,27-25-,28-26-. The number of ether oxygens (including phenoxy) is 3. The number of hydrogen-bond acceptors (Lipinski definition) is 6. The predicted octanol–water partition coefficient (Wildman–Crippen LogP) is 24.1. The highest BCUT2D eigenvalue weighted by Gasteiger charge is 2.19. The minimum atomic E-state index is -0.768. The summed E-state index contributed by atoms with van der Waals surface area (Å²) in [6.07, 6.45) is 86.3. The van der Waals surface area contributed by atoms with Crippen molar-refractivity contribution in [2.24, 2.45) is 0 Å². The minimum Gasteiger partial charge on any atom is -0.462 e. The van der Waals surface area contributed by atoms with Crippen molar-refractivity contribution in [3.8, 4) is 0 Å². The molecule has 0 aliphatic rings. The van der Waals surface area contributed by atoms with Gasteiger partial charge in [-0.25, -0.2) is 0 Å². The number of carbonyl (C=O) groups excluding carboxylic acids is 3. The average Bonchev–Trinajstić information content (AvgIpc) is 3.45. The van der Waals surface area contributed by atoms with Gasteiger partial charge in [0.05, 0.1) is 0 Å². The third-order valence-electron chi connectivity index (χ3n) is 15.8. The van der Waals surface area contributed by atoms with Gasteiger partial charge in [-0.15, -0.1) is 0 Å². The van der Waals surface area contributed by atoms with E-state index >= 15 is 0 Å². The van der Waals surface area contributed by atoms with Crippen LogP contribution in [0.5, 0.6) is 0 Å². The van der Waals surface area contributed by atoms with Crippen LogP contribution in [0, 0.1) is 0 Å². The van der Waals surface area contributed by atoms with Crippen molar-refractivity contribution in [3.05, 3.63) is 48.6 Å². The average molecular weight is 1110 g/mol. The first-order chi connectivity index (χ1) is 39.0. The quantitative estimate of drug-likeness (QED) is 0.0261. The molecule has 1 atom stereocenters. The van der Waals surface area contributed by atoms with Gasteiger partial charge in [-0.05, 0) is 83.5 Å². The predicted molar refractivity (Wildman–Crippen MR) is 344 cm³/mol. The summed E-state index contributed by atoms with van der Waals surface area (Å²) < 4.78 is 16.8. The van der Waals surface area contributed by atoms with Gasteiger partial charge < -0.3 is 14.2 Å². The van der Waals surface area contributed by atoms with E-state index in [4.69, 9.17) is 14.2 Å². The van der Waals surface area contributed by atoms with E-state index in [1.807, 2.05) is 0 Å². The van der Waals surface area contributed by atoms with Crippen molar-refractivity contribution >= 4 is 17.9 Å². The maximum absolute atomic E-state index is 12.9. The second-order valence-electron chi connectivity index (χ2n) is 23.8. The van der Waals surface area contributed by atoms with Gasteiger partial charge in [0.15, 0.2) is 6.10 Å². The van der Waals surface area contributed by atoms with E-state index in [1.54, 1.807) is 0 Å². The van der Waals surface area contributed by atoms with Crippen LogP contribution in [-0.2, 0) is 28.6 Å². The number of esters is 3. The Hall–Kier alpha value is -2.63. The zero-order chi connectivity index (χ0) is 57.1. The SMILES string of the molecule is CCCCCCC/C=C\C/C=C\CCCCCCCCCCCCCCCCCCCC(=O)OCC(COC(=O)CCCCCCC)OC(=O)CCCCCCCCCCCCCCCCC/C=C\C/C=C\CCCCCCC. The van der Waals surface area contributed by atoms with Gasteiger partial charge in [0.1, 0.15) is 13.2 Å². The highest BCUT2D eigenvalue weighted by Crippen LogP contribution is 2.18. The van der Waals surface area contributed by atoms with Crippen LogP contribution in [-0.4, -0.2) is 37.2 Å². The van der Waals surface area contributed by atoms with Crippen LogP contribution >= 0.6 is 0 Å². The van der Waals surface area contributed by atoms with Crippen LogP contribution in [0.4, 0.5) is 0 Å². The maximum atomic E-state index is 12.9. The van der Waals surface area contributed by atoms with Gasteiger partial charge in [0, 0.05) is 19.3 Å². The summed E-state index contributed by atoms with van der Waals surface area (Å²) >= 11 is 0. The van der Waals surface area contributed by atoms with Gasteiger partial charge in [0.25, 0.3) is 0 Å². The molecule has 0 bridgehead atoms. The Morgan fingerprint density at radius 2 is 0.456 bits per heavy atom. The van der Waals surface area contributed by atoms with Crippen LogP contribution in [0.3, 0.4) is 0 Å². The highest BCUT2D eigenvalue weighted by molar-refractivity contribution is 5.71. The van der Waals surface area contributed by atoms with Crippen molar-refractivity contribution in [1.82, 2.24) is 0 Å². The summed E-state index contributed by atoms with van der Waals surface area (Å²) in [6, 6.07) is 0. The van der Waals surface area contributed by atoms with E-state index in [2.05, 4.69) is 69.4 Å². The summed E-state index contributed by atoms with van der Waals surface area (Å²) in [5, 5.41) is 0. The smallest absolute Gasteiger partial charge is 0.306 e. The normalized spacial score (nSPS) is 12.3. The van der Waals surface area contributed by atoms with Crippen molar-refractivity contribution in [2.75, 3.05) is 13.2 Å². The largest absolute Gasteiger partial charge is 0.462 e. The number of carbonyl (C=O) groups is 3. The molecule has 0 heterocycles. The molecular weight excluding hydrogens is 973 g/mol. The fourth-order valence-electron chi connectivity index (χ4n) is 10.5. The Kier molecular flexibility index (Phi) is 65.6. The fourth-order valence-corrected chi connectivity index (χ4v) is 10.5. The Morgan fingerprint density at radius 3 is 0.696 bits per heavy atom. The monoisotopic (exact) mass is 1110 g/mol. The first-order valence-corrected chi connectivity index (χ1v) is 35.1. The molecule has 0 aliphatic carbocycles. The summed E-state index contributed by atoms with van der Waals surface area (Å²) in [4.78, 5) is 38.0. The number of hydrogen-bond donors (Lipinski definition) is 0. The van der Waals surface area contributed by atoms with Gasteiger partial charge in [-0.3, -0.25) is 14.4 Å². The van der Waals surface area contributed by atoms with Crippen LogP contribution in [0.2, 0.25) is 0 Å². The van der Waals surface area contributed by atoms with Crippen LogP contribution in [0.25, 0.3) is 0 Å². The lowest BCUT2D eigenvalue weighted by Crippen LogP contribution is -2.30. The van der Waals surface area contributed by atoms with Crippen LogP contribution in [0.1, 0.15) is 380 Å². The van der Waals surface area contributed by atoms with E-state index in [1.165, 1.54) is 263 Å². The van der Waals surface area contributed by atoms with Crippen molar-refractivity contribution in [3.63, 3.8) is 0 Å². The molecule has 0 aromatic heterocycles. The third kappa shape index (κ3) is 66.1. The van der Waals surface area contributed by atoms with Crippen molar-refractivity contribution < 1.29 is 28.6 Å². The Labute approximate surface area is 492 Å². The number of allylic oxidation sites excluding steroid dienone is 8. The van der Waals surface area contributed by atoms with Crippen molar-refractivity contribution in [1.29, 1.82) is 0 Å². The molecule has 0 amide bonds.